The van der Waals surface area contributed by atoms with Crippen LogP contribution >= 0.6 is 0 Å². The minimum absolute atomic E-state index is 0.175. The normalized spacial score (nSPS) is 9.75. The van der Waals surface area contributed by atoms with Gasteiger partial charge in [0, 0.05) is 6.32 Å². The third-order valence-corrected chi connectivity index (χ3v) is 0.586. The monoisotopic (exact) mass is 116 g/mol. The van der Waals surface area contributed by atoms with E-state index in [1.807, 2.05) is 0 Å². The van der Waals surface area contributed by atoms with Crippen molar-refractivity contribution in [2.45, 2.75) is 6.32 Å². The number of rotatable bonds is 3. The topological polar surface area (TPSA) is 0 Å². The van der Waals surface area contributed by atoms with Gasteiger partial charge in [0.2, 0.25) is 0 Å². The van der Waals surface area contributed by atoms with Gasteiger partial charge < -0.3 is 0 Å². The van der Waals surface area contributed by atoms with Gasteiger partial charge in [-0.05, 0) is 0 Å². The second-order valence-corrected chi connectivity index (χ2v) is 1.29. The molecule has 0 radical (unpaired) electrons. The molecule has 0 aromatic carbocycles. The molecule has 0 fully saturated rings. The van der Waals surface area contributed by atoms with Gasteiger partial charge in [0.15, 0.2) is 0 Å². The molecule has 0 spiro atoms. The summed E-state index contributed by atoms with van der Waals surface area (Å²) in [5, 5.41) is 0. The van der Waals surface area contributed by atoms with Crippen molar-refractivity contribution in [3.63, 3.8) is 0 Å². The lowest BCUT2D eigenvalue weighted by atomic mass is 9.93. The van der Waals surface area contributed by atoms with Crippen LogP contribution in [0.2, 0.25) is 6.32 Å². The molecule has 0 heterocycles. The SMILES string of the molecule is C=C/C=C/CB(F)F. The van der Waals surface area contributed by atoms with Crippen LogP contribution < -0.4 is 0 Å². The molecule has 0 atom stereocenters. The molecule has 0 aliphatic rings. The average molecular weight is 116 g/mol. The molecular weight excluding hydrogens is 109 g/mol. The standard InChI is InChI=1S/C5H7BF2/c1-2-3-4-5-6(7)8/h2-4H,1,5H2/b4-3+. The Morgan fingerprint density at radius 2 is 2.12 bits per heavy atom. The van der Waals surface area contributed by atoms with E-state index in [0.29, 0.717) is 0 Å². The van der Waals surface area contributed by atoms with E-state index in [-0.39, 0.29) is 6.32 Å². The molecular formula is C5H7BF2. The molecule has 0 aliphatic heterocycles. The largest absolute Gasteiger partial charge is 0.541 e. The van der Waals surface area contributed by atoms with E-state index in [4.69, 9.17) is 0 Å². The van der Waals surface area contributed by atoms with Crippen molar-refractivity contribution in [3.05, 3.63) is 24.8 Å². The molecule has 0 amide bonds. The smallest absolute Gasteiger partial charge is 0.287 e. The van der Waals surface area contributed by atoms with Crippen molar-refractivity contribution in [1.29, 1.82) is 0 Å². The number of halogens is 2. The van der Waals surface area contributed by atoms with Crippen molar-refractivity contribution in [2.75, 3.05) is 0 Å². The molecule has 0 aliphatic carbocycles. The average Bonchev–Trinajstić information content (AvgIpc) is 1.66. The Balaban J connectivity index is 3.15. The van der Waals surface area contributed by atoms with Gasteiger partial charge in [0.05, 0.1) is 0 Å². The maximum absolute atomic E-state index is 11.3. The third kappa shape index (κ3) is 5.40. The summed E-state index contributed by atoms with van der Waals surface area (Å²) in [4.78, 5) is 0. The van der Waals surface area contributed by atoms with E-state index in [9.17, 15) is 8.63 Å². The van der Waals surface area contributed by atoms with Gasteiger partial charge in [-0.25, -0.2) is 0 Å². The number of hydrogen-bond donors (Lipinski definition) is 0. The van der Waals surface area contributed by atoms with E-state index < -0.39 is 7.27 Å². The summed E-state index contributed by atoms with van der Waals surface area (Å²) < 4.78 is 22.5. The summed E-state index contributed by atoms with van der Waals surface area (Å²) >= 11 is 0. The van der Waals surface area contributed by atoms with E-state index in [0.717, 1.165) is 0 Å². The Kier molecular flexibility index (Phi) is 4.22. The van der Waals surface area contributed by atoms with Crippen LogP contribution in [0.3, 0.4) is 0 Å². The summed E-state index contributed by atoms with van der Waals surface area (Å²) in [6.45, 7) is 3.33. The quantitative estimate of drug-likeness (QED) is 0.391. The van der Waals surface area contributed by atoms with Crippen molar-refractivity contribution in [1.82, 2.24) is 0 Å². The lowest BCUT2D eigenvalue weighted by molar-refractivity contribution is 0.663. The molecule has 0 unspecified atom stereocenters. The van der Waals surface area contributed by atoms with E-state index in [1.54, 1.807) is 0 Å². The molecule has 0 nitrogen and oxygen atoms in total. The predicted molar refractivity (Wildman–Crippen MR) is 32.1 cm³/mol. The van der Waals surface area contributed by atoms with E-state index in [2.05, 4.69) is 6.58 Å². The molecule has 8 heavy (non-hydrogen) atoms. The first-order chi connectivity index (χ1) is 3.77. The Hall–Kier alpha value is -0.595. The molecule has 0 N–H and O–H groups in total. The molecule has 0 bridgehead atoms. The van der Waals surface area contributed by atoms with Crippen LogP contribution in [0.15, 0.2) is 24.8 Å². The second kappa shape index (κ2) is 4.56. The first kappa shape index (κ1) is 7.40. The molecule has 0 aromatic heterocycles. The lowest BCUT2D eigenvalue weighted by Gasteiger charge is -1.79. The first-order valence-corrected chi connectivity index (χ1v) is 2.33. The minimum atomic E-state index is -2.23. The zero-order valence-electron chi connectivity index (χ0n) is 4.48. The highest BCUT2D eigenvalue weighted by Gasteiger charge is 2.06. The fourth-order valence-corrected chi connectivity index (χ4v) is 0.278. The lowest BCUT2D eigenvalue weighted by Crippen LogP contribution is -1.90. The summed E-state index contributed by atoms with van der Waals surface area (Å²) in [7, 11) is -2.23. The van der Waals surface area contributed by atoms with Gasteiger partial charge in [-0.15, -0.1) is 0 Å². The second-order valence-electron chi connectivity index (χ2n) is 1.29. The van der Waals surface area contributed by atoms with Crippen LogP contribution in [0.4, 0.5) is 8.63 Å². The zero-order valence-corrected chi connectivity index (χ0v) is 4.48. The summed E-state index contributed by atoms with van der Waals surface area (Å²) in [5.74, 6) is 0. The van der Waals surface area contributed by atoms with Gasteiger partial charge >= 0.3 is 7.27 Å². The maximum Gasteiger partial charge on any atom is 0.541 e. The van der Waals surface area contributed by atoms with Crippen LogP contribution in [0, 0.1) is 0 Å². The highest BCUT2D eigenvalue weighted by Crippen LogP contribution is 1.95. The Morgan fingerprint density at radius 1 is 1.50 bits per heavy atom. The molecule has 0 aromatic rings. The Labute approximate surface area is 48.1 Å². The molecule has 0 rings (SSSR count). The van der Waals surface area contributed by atoms with Crippen molar-refractivity contribution >= 4 is 7.27 Å². The zero-order chi connectivity index (χ0) is 6.41. The fourth-order valence-electron chi connectivity index (χ4n) is 0.278. The van der Waals surface area contributed by atoms with Gasteiger partial charge in [-0.2, -0.15) is 0 Å². The van der Waals surface area contributed by atoms with Crippen molar-refractivity contribution in [2.24, 2.45) is 0 Å². The first-order valence-electron chi connectivity index (χ1n) is 2.33. The van der Waals surface area contributed by atoms with Gasteiger partial charge in [-0.1, -0.05) is 24.8 Å². The molecule has 0 saturated carbocycles. The molecule has 3 heteroatoms. The highest BCUT2D eigenvalue weighted by atomic mass is 19.2. The van der Waals surface area contributed by atoms with Crippen LogP contribution in [0.25, 0.3) is 0 Å². The van der Waals surface area contributed by atoms with Crippen LogP contribution in [0.5, 0.6) is 0 Å². The van der Waals surface area contributed by atoms with E-state index >= 15 is 0 Å². The van der Waals surface area contributed by atoms with Crippen molar-refractivity contribution in [3.8, 4) is 0 Å². The molecule has 0 saturated heterocycles. The third-order valence-electron chi connectivity index (χ3n) is 0.586. The van der Waals surface area contributed by atoms with Crippen LogP contribution in [-0.2, 0) is 0 Å². The van der Waals surface area contributed by atoms with Gasteiger partial charge in [-0.3, -0.25) is 8.63 Å². The van der Waals surface area contributed by atoms with Crippen LogP contribution in [-0.4, -0.2) is 7.27 Å². The number of allylic oxidation sites excluding steroid dienone is 3. The fraction of sp³-hybridized carbons (Fsp3) is 0.200. The summed E-state index contributed by atoms with van der Waals surface area (Å²) in [6.07, 6.45) is 4.19. The van der Waals surface area contributed by atoms with Gasteiger partial charge in [0.25, 0.3) is 0 Å². The van der Waals surface area contributed by atoms with E-state index in [1.165, 1.54) is 18.2 Å². The predicted octanol–water partition coefficient (Wildman–Crippen LogP) is 2.16. The maximum atomic E-state index is 11.3. The Morgan fingerprint density at radius 3 is 2.50 bits per heavy atom. The summed E-state index contributed by atoms with van der Waals surface area (Å²) in [5.41, 5.74) is 0. The highest BCUT2D eigenvalue weighted by molar-refractivity contribution is 6.43. The number of hydrogen-bond acceptors (Lipinski definition) is 0. The summed E-state index contributed by atoms with van der Waals surface area (Å²) in [6, 6.07) is 0. The Bertz CT molecular complexity index is 88.4. The van der Waals surface area contributed by atoms with Crippen molar-refractivity contribution < 1.29 is 8.63 Å². The van der Waals surface area contributed by atoms with Crippen LogP contribution in [0.1, 0.15) is 0 Å². The minimum Gasteiger partial charge on any atom is -0.287 e. The molecule has 44 valence electrons. The van der Waals surface area contributed by atoms with Gasteiger partial charge in [0.1, 0.15) is 0 Å².